The van der Waals surface area contributed by atoms with Gasteiger partial charge in [0.2, 0.25) is 0 Å². The molecule has 8 nitrogen and oxygen atoms in total. The van der Waals surface area contributed by atoms with E-state index in [9.17, 15) is 18.4 Å². The number of aromatic nitrogens is 6. The average Bonchev–Trinajstić information content (AvgIpc) is 3.47. The highest BCUT2D eigenvalue weighted by atomic mass is 32.2. The Morgan fingerprint density at radius 3 is 2.69 bits per heavy atom. The first-order valence-corrected chi connectivity index (χ1v) is 12.2. The van der Waals surface area contributed by atoms with Gasteiger partial charge in [0.15, 0.2) is 5.82 Å². The number of fused-ring (bicyclic) bond motifs is 3. The van der Waals surface area contributed by atoms with Crippen LogP contribution < -0.4 is 0 Å². The van der Waals surface area contributed by atoms with Gasteiger partial charge in [-0.15, -0.1) is 25.2 Å². The molecule has 6 rings (SSSR count). The van der Waals surface area contributed by atoms with Gasteiger partial charge in [-0.25, -0.2) is 0 Å². The van der Waals surface area contributed by atoms with Crippen LogP contribution >= 0.6 is 23.5 Å². The fourth-order valence-electron chi connectivity index (χ4n) is 3.77. The van der Waals surface area contributed by atoms with E-state index in [4.69, 9.17) is 4.99 Å². The van der Waals surface area contributed by atoms with Crippen LogP contribution in [0.2, 0.25) is 0 Å². The predicted octanol–water partition coefficient (Wildman–Crippen LogP) is 4.88. The highest BCUT2D eigenvalue weighted by Crippen LogP contribution is 2.56. The predicted molar refractivity (Wildman–Crippen MR) is 124 cm³/mol. The third-order valence-electron chi connectivity index (χ3n) is 5.76. The van der Waals surface area contributed by atoms with Crippen LogP contribution in [-0.4, -0.2) is 34.6 Å². The molecule has 1 fully saturated rings. The van der Waals surface area contributed by atoms with E-state index in [2.05, 4.69) is 25.4 Å². The largest absolute Gasteiger partial charge is 0.416 e. The zero-order chi connectivity index (χ0) is 24.2. The van der Waals surface area contributed by atoms with Gasteiger partial charge >= 0.3 is 6.18 Å². The van der Waals surface area contributed by atoms with Crippen molar-refractivity contribution in [3.63, 3.8) is 0 Å². The monoisotopic (exact) mass is 510 g/mol. The molecular formula is C22H13F3N8S2. The molecule has 1 spiro atoms. The lowest BCUT2D eigenvalue weighted by Crippen LogP contribution is -2.16. The minimum atomic E-state index is -4.49. The Bertz CT molecular complexity index is 1520. The van der Waals surface area contributed by atoms with E-state index >= 15 is 0 Å². The molecule has 0 N–H and O–H groups in total. The van der Waals surface area contributed by atoms with Gasteiger partial charge in [0, 0.05) is 17.5 Å². The number of benzene rings is 1. The Balaban J connectivity index is 1.24. The van der Waals surface area contributed by atoms with Gasteiger partial charge in [0.05, 0.1) is 28.9 Å². The summed E-state index contributed by atoms with van der Waals surface area (Å²) >= 11 is 2.74. The zero-order valence-corrected chi connectivity index (χ0v) is 19.3. The molecule has 0 saturated heterocycles. The number of halogens is 3. The van der Waals surface area contributed by atoms with Crippen molar-refractivity contribution in [1.82, 2.24) is 30.2 Å². The fraction of sp³-hybridized carbons (Fsp3) is 0.227. The fourth-order valence-corrected chi connectivity index (χ4v) is 6.02. The van der Waals surface area contributed by atoms with E-state index in [1.807, 2.05) is 12.1 Å². The van der Waals surface area contributed by atoms with Gasteiger partial charge in [-0.2, -0.15) is 18.4 Å². The second kappa shape index (κ2) is 8.03. The van der Waals surface area contributed by atoms with Crippen molar-refractivity contribution in [3.05, 3.63) is 65.0 Å². The maximum atomic E-state index is 13.0. The van der Waals surface area contributed by atoms with Crippen molar-refractivity contribution in [2.24, 2.45) is 4.99 Å². The van der Waals surface area contributed by atoms with Crippen LogP contribution in [-0.2, 0) is 17.5 Å². The topological polar surface area (TPSA) is 106 Å². The quantitative estimate of drug-likeness (QED) is 0.384. The molecule has 0 atom stereocenters. The highest BCUT2D eigenvalue weighted by Gasteiger charge is 2.49. The Morgan fingerprint density at radius 2 is 1.94 bits per heavy atom. The number of aliphatic imine (C=N–C) groups is 1. The van der Waals surface area contributed by atoms with Gasteiger partial charge < -0.3 is 0 Å². The molecule has 4 aromatic rings. The molecule has 1 aromatic carbocycles. The average molecular weight is 511 g/mol. The molecule has 2 aliphatic rings. The number of thioether (sulfide) groups is 2. The molecule has 1 saturated carbocycles. The summed E-state index contributed by atoms with van der Waals surface area (Å²) < 4.78 is 39.7. The van der Waals surface area contributed by atoms with Crippen molar-refractivity contribution >= 4 is 38.9 Å². The van der Waals surface area contributed by atoms with Crippen molar-refractivity contribution in [3.8, 4) is 11.9 Å². The Kier molecular flexibility index (Phi) is 5.05. The van der Waals surface area contributed by atoms with Gasteiger partial charge in [0.1, 0.15) is 20.4 Å². The minimum Gasteiger partial charge on any atom is -0.262 e. The number of rotatable bonds is 3. The smallest absolute Gasteiger partial charge is 0.262 e. The van der Waals surface area contributed by atoms with Gasteiger partial charge in [-0.1, -0.05) is 17.8 Å². The molecule has 1 aliphatic carbocycles. The Morgan fingerprint density at radius 1 is 1.11 bits per heavy atom. The minimum absolute atomic E-state index is 0.00835. The molecule has 35 heavy (non-hydrogen) atoms. The highest BCUT2D eigenvalue weighted by molar-refractivity contribution is 8.38. The van der Waals surface area contributed by atoms with E-state index in [-0.39, 0.29) is 11.1 Å². The molecule has 174 valence electrons. The second-order valence-corrected chi connectivity index (χ2v) is 10.3. The summed E-state index contributed by atoms with van der Waals surface area (Å²) in [4.78, 5) is 10.4. The summed E-state index contributed by atoms with van der Waals surface area (Å²) in [6.45, 7) is 0. The summed E-state index contributed by atoms with van der Waals surface area (Å²) in [5.74, 6) is 0.809. The van der Waals surface area contributed by atoms with E-state index in [1.54, 1.807) is 18.5 Å². The third-order valence-corrected chi connectivity index (χ3v) is 7.92. The molecule has 1 aliphatic heterocycles. The lowest BCUT2D eigenvalue weighted by Gasteiger charge is -2.21. The van der Waals surface area contributed by atoms with Gasteiger partial charge in [0.25, 0.3) is 0 Å². The van der Waals surface area contributed by atoms with Crippen molar-refractivity contribution < 1.29 is 13.2 Å². The van der Waals surface area contributed by atoms with E-state index in [0.29, 0.717) is 28.2 Å². The van der Waals surface area contributed by atoms with Crippen LogP contribution in [0.1, 0.15) is 35.1 Å². The van der Waals surface area contributed by atoms with Crippen molar-refractivity contribution in [2.75, 3.05) is 0 Å². The number of alkyl halides is 3. The summed E-state index contributed by atoms with van der Waals surface area (Å²) in [5.41, 5.74) is 1.63. The van der Waals surface area contributed by atoms with Crippen molar-refractivity contribution in [2.45, 2.75) is 35.3 Å². The summed E-state index contributed by atoms with van der Waals surface area (Å²) in [6.07, 6.45) is 0.504. The number of nitriles is 1. The summed E-state index contributed by atoms with van der Waals surface area (Å²) in [5, 5.41) is 27.6. The summed E-state index contributed by atoms with van der Waals surface area (Å²) in [6, 6.07) is 8.79. The van der Waals surface area contributed by atoms with Crippen LogP contribution in [0.4, 0.5) is 13.2 Å². The van der Waals surface area contributed by atoms with Crippen LogP contribution in [0.5, 0.6) is 0 Å². The molecular weight excluding hydrogens is 497 g/mol. The first kappa shape index (κ1) is 22.0. The first-order valence-electron chi connectivity index (χ1n) is 10.4. The van der Waals surface area contributed by atoms with Crippen molar-refractivity contribution in [1.29, 1.82) is 5.26 Å². The van der Waals surface area contributed by atoms with Crippen LogP contribution in [0.15, 0.2) is 52.7 Å². The molecule has 3 aromatic heterocycles. The van der Waals surface area contributed by atoms with E-state index in [1.165, 1.54) is 34.4 Å². The van der Waals surface area contributed by atoms with Crippen LogP contribution in [0.25, 0.3) is 16.9 Å². The third kappa shape index (κ3) is 4.02. The standard InChI is InChI=1S/C22H13F3N8S2/c23-22(24,25)14-2-1-12(13(7-14)9-26)11-34-20-28-21(4-5-21)15-8-18(29-30-19(15)35-20)33-31-16-3-6-27-10-17(16)32-33/h1-3,6-8,10H,4-5,11H2. The maximum Gasteiger partial charge on any atom is 0.416 e. The molecule has 4 heterocycles. The number of hydrogen-bond donors (Lipinski definition) is 0. The van der Waals surface area contributed by atoms with Gasteiger partial charge in [-0.3, -0.25) is 9.98 Å². The number of pyridine rings is 1. The normalized spacial score (nSPS) is 16.1. The molecule has 0 radical (unpaired) electrons. The maximum absolute atomic E-state index is 13.0. The van der Waals surface area contributed by atoms with Crippen LogP contribution in [0, 0.1) is 11.3 Å². The lowest BCUT2D eigenvalue weighted by molar-refractivity contribution is -0.137. The number of hydrogen-bond acceptors (Lipinski definition) is 9. The molecule has 0 amide bonds. The first-order chi connectivity index (χ1) is 16.8. The zero-order valence-electron chi connectivity index (χ0n) is 17.7. The molecule has 13 heteroatoms. The molecule has 0 bridgehead atoms. The number of nitrogens with zero attached hydrogens (tertiary/aromatic N) is 8. The second-order valence-electron chi connectivity index (χ2n) is 8.06. The Hall–Kier alpha value is -3.50. The molecule has 0 unspecified atom stereocenters. The Labute approximate surface area is 204 Å². The van der Waals surface area contributed by atoms with E-state index < -0.39 is 11.7 Å². The van der Waals surface area contributed by atoms with Crippen LogP contribution in [0.3, 0.4) is 0 Å². The van der Waals surface area contributed by atoms with Gasteiger partial charge in [-0.05, 0) is 54.4 Å². The lowest BCUT2D eigenvalue weighted by atomic mass is 10.1. The van der Waals surface area contributed by atoms with E-state index in [0.717, 1.165) is 39.9 Å². The SMILES string of the molecule is N#Cc1cc(C(F)(F)F)ccc1CSC1=NC2(CC2)c2cc(-n3nc4ccncc4n3)nnc2S1. The summed E-state index contributed by atoms with van der Waals surface area (Å²) in [7, 11) is 0.